The number of amides is 2. The van der Waals surface area contributed by atoms with Gasteiger partial charge in [0.1, 0.15) is 35.3 Å². The fourth-order valence-electron chi connectivity index (χ4n) is 3.96. The first-order valence-electron chi connectivity index (χ1n) is 10.3. The summed E-state index contributed by atoms with van der Waals surface area (Å²) >= 11 is 1.26. The monoisotopic (exact) mass is 488 g/mol. The van der Waals surface area contributed by atoms with Gasteiger partial charge in [-0.1, -0.05) is 24.3 Å². The topological polar surface area (TPSA) is 180 Å². The number of Topliss-reactive ketones (excluding diaryl/α,β-unsaturated/α-hetero) is 1. The number of carbonyl (C=O) groups is 5. The Hall–Kier alpha value is -3.67. The van der Waals surface area contributed by atoms with E-state index in [9.17, 15) is 29.1 Å². The maximum atomic E-state index is 12.8. The lowest BCUT2D eigenvalue weighted by Gasteiger charge is -2.49. The van der Waals surface area contributed by atoms with Crippen molar-refractivity contribution in [2.24, 2.45) is 5.73 Å². The Balaban J connectivity index is 1.74. The fourth-order valence-corrected chi connectivity index (χ4v) is 5.29. The molecule has 1 aromatic carbocycles. The molecule has 1 fully saturated rings. The Labute approximate surface area is 199 Å². The highest BCUT2D eigenvalue weighted by atomic mass is 32.2. The van der Waals surface area contributed by atoms with Gasteiger partial charge in [-0.25, -0.2) is 4.79 Å². The lowest BCUT2D eigenvalue weighted by Crippen LogP contribution is -2.70. The van der Waals surface area contributed by atoms with Gasteiger partial charge >= 0.3 is 11.9 Å². The van der Waals surface area contributed by atoms with Crippen molar-refractivity contribution < 1.29 is 33.8 Å². The molecule has 2 aliphatic heterocycles. The fraction of sp³-hybridized carbons (Fsp3) is 0.364. The number of hydrogen-bond acceptors (Lipinski definition) is 8. The number of benzene rings is 1. The first kappa shape index (κ1) is 25.0. The number of ketones is 1. The molecule has 3 rings (SSSR count). The van der Waals surface area contributed by atoms with E-state index in [1.807, 2.05) is 0 Å². The van der Waals surface area contributed by atoms with Crippen molar-refractivity contribution in [2.75, 3.05) is 12.4 Å². The molecule has 3 atom stereocenters. The highest BCUT2D eigenvalue weighted by molar-refractivity contribution is 8.00. The van der Waals surface area contributed by atoms with E-state index in [0.717, 1.165) is 4.90 Å². The van der Waals surface area contributed by atoms with Crippen LogP contribution in [-0.4, -0.2) is 69.2 Å². The third-order valence-corrected chi connectivity index (χ3v) is 6.79. The Kier molecular flexibility index (Phi) is 7.40. The first-order valence-corrected chi connectivity index (χ1v) is 11.3. The van der Waals surface area contributed by atoms with Crippen LogP contribution in [0.25, 0.3) is 0 Å². The molecule has 11 nitrogen and oxygen atoms in total. The van der Waals surface area contributed by atoms with Crippen LogP contribution in [0.1, 0.15) is 30.9 Å². The number of amidine groups is 1. The minimum Gasteiger partial charge on any atom is -0.477 e. The number of carboxylic acids is 1. The summed E-state index contributed by atoms with van der Waals surface area (Å²) in [5.41, 5.74) is 6.58. The van der Waals surface area contributed by atoms with Crippen molar-refractivity contribution in [3.05, 3.63) is 46.7 Å². The van der Waals surface area contributed by atoms with E-state index in [2.05, 4.69) is 5.32 Å². The van der Waals surface area contributed by atoms with Crippen LogP contribution in [-0.2, 0) is 35.1 Å². The molecule has 0 spiro atoms. The first-order chi connectivity index (χ1) is 16.0. The molecule has 0 bridgehead atoms. The number of esters is 1. The van der Waals surface area contributed by atoms with Gasteiger partial charge in [0, 0.05) is 18.2 Å². The minimum absolute atomic E-state index is 0.159. The lowest BCUT2D eigenvalue weighted by molar-refractivity contribution is -0.151. The maximum Gasteiger partial charge on any atom is 0.352 e. The van der Waals surface area contributed by atoms with Crippen molar-refractivity contribution in [2.45, 2.75) is 37.6 Å². The van der Waals surface area contributed by atoms with Gasteiger partial charge in [0.15, 0.2) is 0 Å². The number of rotatable bonds is 9. The average molecular weight is 489 g/mol. The Morgan fingerprint density at radius 2 is 1.97 bits per heavy atom. The average Bonchev–Trinajstić information content (AvgIpc) is 2.75. The molecule has 0 saturated carbocycles. The molecule has 2 unspecified atom stereocenters. The van der Waals surface area contributed by atoms with Crippen LogP contribution in [0.15, 0.2) is 35.5 Å². The number of nitrogens with two attached hydrogens (primary N) is 1. The predicted molar refractivity (Wildman–Crippen MR) is 122 cm³/mol. The van der Waals surface area contributed by atoms with Crippen molar-refractivity contribution in [3.63, 3.8) is 0 Å². The quantitative estimate of drug-likeness (QED) is 0.163. The molecular weight excluding hydrogens is 464 g/mol. The molecule has 2 amide bonds. The zero-order valence-corrected chi connectivity index (χ0v) is 19.3. The molecule has 0 aliphatic carbocycles. The second kappa shape index (κ2) is 10.1. The Morgan fingerprint density at radius 1 is 1.29 bits per heavy atom. The van der Waals surface area contributed by atoms with E-state index < -0.39 is 41.1 Å². The van der Waals surface area contributed by atoms with Crippen molar-refractivity contribution in [1.29, 1.82) is 5.41 Å². The molecule has 2 heterocycles. The molecule has 2 aliphatic rings. The van der Waals surface area contributed by atoms with Gasteiger partial charge in [-0.05, 0) is 18.1 Å². The van der Waals surface area contributed by atoms with E-state index in [1.165, 1.54) is 25.6 Å². The molecule has 1 aromatic rings. The number of fused-ring (bicyclic) bond motifs is 1. The summed E-state index contributed by atoms with van der Waals surface area (Å²) in [5, 5.41) is 19.4. The highest BCUT2D eigenvalue weighted by Crippen LogP contribution is 2.40. The molecule has 12 heteroatoms. The highest BCUT2D eigenvalue weighted by Gasteiger charge is 2.54. The predicted octanol–water partition coefficient (Wildman–Crippen LogP) is 0.139. The largest absolute Gasteiger partial charge is 0.477 e. The van der Waals surface area contributed by atoms with Crippen LogP contribution >= 0.6 is 11.8 Å². The van der Waals surface area contributed by atoms with Gasteiger partial charge < -0.3 is 20.9 Å². The van der Waals surface area contributed by atoms with Gasteiger partial charge in [0.2, 0.25) is 5.91 Å². The summed E-state index contributed by atoms with van der Waals surface area (Å²) in [6.07, 6.45) is -0.159. The van der Waals surface area contributed by atoms with E-state index in [1.54, 1.807) is 24.3 Å². The second-order valence-corrected chi connectivity index (χ2v) is 8.97. The molecular formula is C22H24N4O7S. The third kappa shape index (κ3) is 4.96. The standard InChI is InChI=1S/C22H24N4O7S/c1-10(27)16(19(23)24)14-6-4-3-5-12(14)7-15(29)25-17-20(30)26-18(22(31)32)13(8-33-11(2)28)9-34-21(17)26/h3-6,16-17,21H,7-9H2,1-2H3,(H3,23,24)(H,25,29)(H,31,32)/t16?,17?,21-/m0/s1. The number of nitrogens with one attached hydrogen (secondary N) is 2. The summed E-state index contributed by atoms with van der Waals surface area (Å²) < 4.78 is 4.90. The second-order valence-electron chi connectivity index (χ2n) is 7.87. The van der Waals surface area contributed by atoms with Crippen LogP contribution in [0, 0.1) is 5.41 Å². The molecule has 180 valence electrons. The summed E-state index contributed by atoms with van der Waals surface area (Å²) in [6.45, 7) is 2.28. The molecule has 1 saturated heterocycles. The van der Waals surface area contributed by atoms with E-state index in [4.69, 9.17) is 15.9 Å². The van der Waals surface area contributed by atoms with E-state index in [0.29, 0.717) is 16.7 Å². The van der Waals surface area contributed by atoms with Crippen LogP contribution in [0.4, 0.5) is 0 Å². The maximum absolute atomic E-state index is 12.8. The van der Waals surface area contributed by atoms with Crippen LogP contribution in [0.2, 0.25) is 0 Å². The van der Waals surface area contributed by atoms with E-state index in [-0.39, 0.29) is 36.1 Å². The number of hydrogen-bond donors (Lipinski definition) is 4. The van der Waals surface area contributed by atoms with Crippen molar-refractivity contribution >= 4 is 47.1 Å². The van der Waals surface area contributed by atoms with Gasteiger partial charge in [-0.15, -0.1) is 11.8 Å². The SMILES string of the molecule is CC(=O)OCC1=C(C(=O)O)N2C(=O)C(NC(=O)Cc3ccccc3C(C(=N)N)C(C)=O)[C@@H]2SC1. The number of ether oxygens (including phenoxy) is 1. The number of carbonyl (C=O) groups excluding carboxylic acids is 4. The zero-order valence-electron chi connectivity index (χ0n) is 18.5. The van der Waals surface area contributed by atoms with Gasteiger partial charge in [-0.2, -0.15) is 0 Å². The number of nitrogens with zero attached hydrogens (tertiary/aromatic N) is 1. The smallest absolute Gasteiger partial charge is 0.352 e. The van der Waals surface area contributed by atoms with Crippen LogP contribution in [0.3, 0.4) is 0 Å². The number of thioether (sulfide) groups is 1. The van der Waals surface area contributed by atoms with Gasteiger partial charge in [-0.3, -0.25) is 29.5 Å². The van der Waals surface area contributed by atoms with Gasteiger partial charge in [0.25, 0.3) is 5.91 Å². The van der Waals surface area contributed by atoms with Crippen LogP contribution < -0.4 is 11.1 Å². The normalized spacial score (nSPS) is 20.1. The minimum atomic E-state index is -1.32. The number of aliphatic carboxylic acids is 1. The Bertz CT molecular complexity index is 1100. The zero-order chi connectivity index (χ0) is 25.2. The molecule has 0 aromatic heterocycles. The summed E-state index contributed by atoms with van der Waals surface area (Å²) in [4.78, 5) is 61.5. The summed E-state index contributed by atoms with van der Waals surface area (Å²) in [7, 11) is 0. The molecule has 0 radical (unpaired) electrons. The Morgan fingerprint density at radius 3 is 2.56 bits per heavy atom. The summed E-state index contributed by atoms with van der Waals surface area (Å²) in [6, 6.07) is 5.70. The third-order valence-electron chi connectivity index (χ3n) is 5.45. The number of β-lactam (4-membered cyclic amide) rings is 1. The van der Waals surface area contributed by atoms with Crippen molar-refractivity contribution in [3.8, 4) is 0 Å². The van der Waals surface area contributed by atoms with Crippen LogP contribution in [0.5, 0.6) is 0 Å². The number of carboxylic acid groups (broad SMARTS) is 1. The van der Waals surface area contributed by atoms with E-state index >= 15 is 0 Å². The molecule has 34 heavy (non-hydrogen) atoms. The van der Waals surface area contributed by atoms with Gasteiger partial charge in [0.05, 0.1) is 12.3 Å². The van der Waals surface area contributed by atoms with Crippen molar-refractivity contribution in [1.82, 2.24) is 10.2 Å². The molecule has 5 N–H and O–H groups in total. The summed E-state index contributed by atoms with van der Waals surface area (Å²) in [5.74, 6) is -4.39. The lowest BCUT2D eigenvalue weighted by atomic mass is 9.89.